The number of imide groups is 1. The molecule has 1 aromatic carbocycles. The zero-order valence-electron chi connectivity index (χ0n) is 11.4. The molecule has 1 aliphatic rings. The molecule has 0 spiro atoms. The van der Waals surface area contributed by atoms with Crippen LogP contribution in [0.2, 0.25) is 0 Å². The molecule has 0 aromatic heterocycles. The zero-order chi connectivity index (χ0) is 14.7. The highest BCUT2D eigenvalue weighted by atomic mass is 16.5. The first-order valence-electron chi connectivity index (χ1n) is 6.40. The Labute approximate surface area is 117 Å². The van der Waals surface area contributed by atoms with Crippen LogP contribution in [0.3, 0.4) is 0 Å². The number of amides is 2. The number of benzene rings is 1. The Bertz CT molecular complexity index is 588. The maximum atomic E-state index is 11.9. The van der Waals surface area contributed by atoms with Crippen LogP contribution >= 0.6 is 0 Å². The smallest absolute Gasteiger partial charge is 0.278 e. The third-order valence-corrected chi connectivity index (χ3v) is 2.81. The summed E-state index contributed by atoms with van der Waals surface area (Å²) in [5.74, 6) is -1.45. The number of allylic oxidation sites excluding steroid dienone is 1. The van der Waals surface area contributed by atoms with Gasteiger partial charge < -0.3 is 0 Å². The van der Waals surface area contributed by atoms with Gasteiger partial charge in [-0.05, 0) is 11.5 Å². The van der Waals surface area contributed by atoms with Gasteiger partial charge in [0.05, 0.1) is 0 Å². The quantitative estimate of drug-likeness (QED) is 0.519. The minimum Gasteiger partial charge on any atom is -0.278 e. The van der Waals surface area contributed by atoms with E-state index in [0.29, 0.717) is 0 Å². The lowest BCUT2D eigenvalue weighted by atomic mass is 10.1. The second-order valence-corrected chi connectivity index (χ2v) is 4.94. The first kappa shape index (κ1) is 14.1. The molecule has 2 amide bonds. The van der Waals surface area contributed by atoms with Gasteiger partial charge in [0.15, 0.2) is 0 Å². The molecule has 0 bridgehead atoms. The average Bonchev–Trinajstić information content (AvgIpc) is 2.42. The summed E-state index contributed by atoms with van der Waals surface area (Å²) in [6.07, 6.45) is 1.91. The van der Waals surface area contributed by atoms with Gasteiger partial charge in [0.1, 0.15) is 11.4 Å². The van der Waals surface area contributed by atoms with Crippen LogP contribution in [-0.4, -0.2) is 27.8 Å². The van der Waals surface area contributed by atoms with Crippen molar-refractivity contribution in [1.29, 1.82) is 0 Å². The standard InChI is InChI=1S/C15H16N2O3/c1-10(2)8-12-14(18)17(20)15(19)13(16-12)9-11-6-4-3-5-7-11/h3-8,10,20H,9H2,1-2H3/b12-8-. The number of carbonyl (C=O) groups is 2. The number of rotatable bonds is 3. The van der Waals surface area contributed by atoms with Gasteiger partial charge in [0.25, 0.3) is 5.91 Å². The summed E-state index contributed by atoms with van der Waals surface area (Å²) in [5.41, 5.74) is 1.16. The van der Waals surface area contributed by atoms with Crippen molar-refractivity contribution in [3.63, 3.8) is 0 Å². The van der Waals surface area contributed by atoms with E-state index in [1.807, 2.05) is 44.2 Å². The monoisotopic (exact) mass is 272 g/mol. The van der Waals surface area contributed by atoms with E-state index in [1.165, 1.54) is 0 Å². The molecular formula is C15H16N2O3. The van der Waals surface area contributed by atoms with Gasteiger partial charge in [-0.2, -0.15) is 0 Å². The van der Waals surface area contributed by atoms with Crippen LogP contribution in [0.1, 0.15) is 19.4 Å². The topological polar surface area (TPSA) is 70.0 Å². The number of hydrogen-bond acceptors (Lipinski definition) is 4. The van der Waals surface area contributed by atoms with Crippen LogP contribution in [0.15, 0.2) is 47.1 Å². The van der Waals surface area contributed by atoms with Gasteiger partial charge in [-0.3, -0.25) is 14.8 Å². The molecule has 104 valence electrons. The number of aliphatic imine (C=N–C) groups is 1. The fourth-order valence-corrected chi connectivity index (χ4v) is 1.89. The van der Waals surface area contributed by atoms with Crippen LogP contribution in [0.5, 0.6) is 0 Å². The van der Waals surface area contributed by atoms with E-state index in [1.54, 1.807) is 6.08 Å². The van der Waals surface area contributed by atoms with Crippen LogP contribution in [0.4, 0.5) is 0 Å². The molecule has 1 aromatic rings. The van der Waals surface area contributed by atoms with Crippen molar-refractivity contribution >= 4 is 17.5 Å². The number of hydrogen-bond donors (Lipinski definition) is 1. The van der Waals surface area contributed by atoms with E-state index in [-0.39, 0.29) is 28.8 Å². The summed E-state index contributed by atoms with van der Waals surface area (Å²) in [7, 11) is 0. The largest absolute Gasteiger partial charge is 0.303 e. The lowest BCUT2D eigenvalue weighted by molar-refractivity contribution is -0.172. The van der Waals surface area contributed by atoms with Crippen molar-refractivity contribution < 1.29 is 14.8 Å². The fourth-order valence-electron chi connectivity index (χ4n) is 1.89. The molecule has 2 rings (SSSR count). The summed E-state index contributed by atoms with van der Waals surface area (Å²) in [6, 6.07) is 9.31. The molecule has 0 unspecified atom stereocenters. The fraction of sp³-hybridized carbons (Fsp3) is 0.267. The third-order valence-electron chi connectivity index (χ3n) is 2.81. The number of carbonyl (C=O) groups excluding carboxylic acids is 2. The van der Waals surface area contributed by atoms with Gasteiger partial charge in [-0.15, -0.1) is 5.06 Å². The molecule has 0 saturated heterocycles. The normalized spacial score (nSPS) is 17.9. The van der Waals surface area contributed by atoms with Crippen molar-refractivity contribution in [3.05, 3.63) is 47.7 Å². The van der Waals surface area contributed by atoms with Gasteiger partial charge >= 0.3 is 5.91 Å². The van der Waals surface area contributed by atoms with Crippen LogP contribution in [0.25, 0.3) is 0 Å². The van der Waals surface area contributed by atoms with Crippen LogP contribution in [0, 0.1) is 5.92 Å². The molecule has 5 nitrogen and oxygen atoms in total. The van der Waals surface area contributed by atoms with E-state index >= 15 is 0 Å². The third kappa shape index (κ3) is 3.00. The molecule has 1 aliphatic heterocycles. The molecule has 0 atom stereocenters. The van der Waals surface area contributed by atoms with Crippen molar-refractivity contribution in [2.24, 2.45) is 10.9 Å². The second-order valence-electron chi connectivity index (χ2n) is 4.94. The Morgan fingerprint density at radius 3 is 2.45 bits per heavy atom. The van der Waals surface area contributed by atoms with E-state index in [2.05, 4.69) is 4.99 Å². The minimum absolute atomic E-state index is 0.0947. The lowest BCUT2D eigenvalue weighted by Crippen LogP contribution is -2.43. The predicted molar refractivity (Wildman–Crippen MR) is 74.1 cm³/mol. The maximum Gasteiger partial charge on any atom is 0.303 e. The lowest BCUT2D eigenvalue weighted by Gasteiger charge is -2.20. The molecular weight excluding hydrogens is 256 g/mol. The van der Waals surface area contributed by atoms with E-state index < -0.39 is 11.8 Å². The Balaban J connectivity index is 2.35. The highest BCUT2D eigenvalue weighted by Crippen LogP contribution is 2.15. The zero-order valence-corrected chi connectivity index (χ0v) is 11.4. The SMILES string of the molecule is CC(C)/C=C1\N=C(Cc2ccccc2)C(=O)N(O)C1=O. The Morgan fingerprint density at radius 1 is 1.20 bits per heavy atom. The average molecular weight is 272 g/mol. The summed E-state index contributed by atoms with van der Waals surface area (Å²) in [5, 5.41) is 9.73. The summed E-state index contributed by atoms with van der Waals surface area (Å²) in [6.45, 7) is 3.79. The Kier molecular flexibility index (Phi) is 4.10. The van der Waals surface area contributed by atoms with Crippen molar-refractivity contribution in [1.82, 2.24) is 5.06 Å². The van der Waals surface area contributed by atoms with Crippen LogP contribution < -0.4 is 0 Å². The van der Waals surface area contributed by atoms with Crippen molar-refractivity contribution in [2.75, 3.05) is 0 Å². The van der Waals surface area contributed by atoms with E-state index in [4.69, 9.17) is 0 Å². The van der Waals surface area contributed by atoms with Crippen molar-refractivity contribution in [3.8, 4) is 0 Å². The molecule has 1 N–H and O–H groups in total. The molecule has 1 heterocycles. The molecule has 5 heteroatoms. The molecule has 0 saturated carbocycles. The molecule has 0 radical (unpaired) electrons. The number of hydroxylamine groups is 2. The van der Waals surface area contributed by atoms with Crippen molar-refractivity contribution in [2.45, 2.75) is 20.3 Å². The Morgan fingerprint density at radius 2 is 1.85 bits per heavy atom. The summed E-state index contributed by atoms with van der Waals surface area (Å²) < 4.78 is 0. The predicted octanol–water partition coefficient (Wildman–Crippen LogP) is 1.97. The highest BCUT2D eigenvalue weighted by molar-refractivity contribution is 6.44. The highest BCUT2D eigenvalue weighted by Gasteiger charge is 2.32. The van der Waals surface area contributed by atoms with Crippen LogP contribution in [-0.2, 0) is 16.0 Å². The first-order valence-corrected chi connectivity index (χ1v) is 6.40. The number of nitrogens with zero attached hydrogens (tertiary/aromatic N) is 2. The van der Waals surface area contributed by atoms with E-state index in [9.17, 15) is 14.8 Å². The molecule has 0 fully saturated rings. The summed E-state index contributed by atoms with van der Waals surface area (Å²) in [4.78, 5) is 27.7. The summed E-state index contributed by atoms with van der Waals surface area (Å²) >= 11 is 0. The van der Waals surface area contributed by atoms with Gasteiger partial charge in [0, 0.05) is 6.42 Å². The maximum absolute atomic E-state index is 11.9. The van der Waals surface area contributed by atoms with E-state index in [0.717, 1.165) is 5.56 Å². The van der Waals surface area contributed by atoms with Gasteiger partial charge in [0.2, 0.25) is 0 Å². The second kappa shape index (κ2) is 5.79. The molecule has 20 heavy (non-hydrogen) atoms. The molecule has 0 aliphatic carbocycles. The van der Waals surface area contributed by atoms with Gasteiger partial charge in [-0.1, -0.05) is 50.3 Å². The minimum atomic E-state index is -0.777. The first-order chi connectivity index (χ1) is 9.49. The Hall–Kier alpha value is -2.27. The van der Waals surface area contributed by atoms with Gasteiger partial charge in [-0.25, -0.2) is 4.99 Å².